The average molecular weight is 208 g/mol. The molecule has 0 unspecified atom stereocenters. The Morgan fingerprint density at radius 2 is 1.60 bits per heavy atom. The normalized spacial score (nSPS) is 10.6. The Labute approximate surface area is 85.7 Å². The lowest BCUT2D eigenvalue weighted by Crippen LogP contribution is -1.96. The third kappa shape index (κ3) is 1.38. The van der Waals surface area contributed by atoms with Gasteiger partial charge in [0.05, 0.1) is 11.4 Å². The molecule has 0 atom stereocenters. The number of hydrogen-bond donors (Lipinski definition) is 2. The van der Waals surface area contributed by atoms with Gasteiger partial charge in [0.25, 0.3) is 0 Å². The Bertz CT molecular complexity index is 523. The molecular weight excluding hydrogens is 198 g/mol. The highest BCUT2D eigenvalue weighted by molar-refractivity contribution is 5.89. The second kappa shape index (κ2) is 3.38. The van der Waals surface area contributed by atoms with Gasteiger partial charge in [0, 0.05) is 17.8 Å². The number of nitrogen functional groups attached to an aromatic ring is 1. The first kappa shape index (κ1) is 9.71. The summed E-state index contributed by atoms with van der Waals surface area (Å²) in [7, 11) is 1.61. The number of nitrogens with one attached hydrogen (secondary N) is 1. The summed E-state index contributed by atoms with van der Waals surface area (Å²) in [6.45, 7) is 0. The highest BCUT2D eigenvalue weighted by Crippen LogP contribution is 2.28. The predicted molar refractivity (Wildman–Crippen MR) is 57.8 cm³/mol. The van der Waals surface area contributed by atoms with Crippen LogP contribution in [0.15, 0.2) is 24.3 Å². The molecule has 0 aliphatic rings. The van der Waals surface area contributed by atoms with E-state index in [0.29, 0.717) is 5.69 Å². The number of fused-ring (bicyclic) bond motifs is 1. The molecule has 2 rings (SSSR count). The van der Waals surface area contributed by atoms with Crippen molar-refractivity contribution in [3.63, 3.8) is 0 Å². The monoisotopic (exact) mass is 208 g/mol. The van der Waals surface area contributed by atoms with Crippen molar-refractivity contribution in [3.8, 4) is 0 Å². The molecule has 3 N–H and O–H groups in total. The fourth-order valence-corrected chi connectivity index (χ4v) is 1.54. The third-order valence-corrected chi connectivity index (χ3v) is 2.37. The van der Waals surface area contributed by atoms with Crippen molar-refractivity contribution in [1.82, 2.24) is 0 Å². The van der Waals surface area contributed by atoms with Gasteiger partial charge in [0.2, 0.25) is 0 Å². The van der Waals surface area contributed by atoms with E-state index in [4.69, 9.17) is 5.73 Å². The zero-order valence-electron chi connectivity index (χ0n) is 8.14. The summed E-state index contributed by atoms with van der Waals surface area (Å²) in [4.78, 5) is 0. The summed E-state index contributed by atoms with van der Waals surface area (Å²) >= 11 is 0. The Balaban J connectivity index is 2.85. The van der Waals surface area contributed by atoms with Gasteiger partial charge in [0.1, 0.15) is 0 Å². The van der Waals surface area contributed by atoms with Crippen molar-refractivity contribution in [2.45, 2.75) is 0 Å². The molecule has 2 aromatic carbocycles. The molecule has 0 aliphatic carbocycles. The fraction of sp³-hybridized carbons (Fsp3) is 0.0909. The summed E-state index contributed by atoms with van der Waals surface area (Å²) < 4.78 is 27.2. The van der Waals surface area contributed by atoms with Gasteiger partial charge in [-0.1, -0.05) is 0 Å². The van der Waals surface area contributed by atoms with Gasteiger partial charge in [-0.25, -0.2) is 8.78 Å². The Kier molecular flexibility index (Phi) is 2.19. The van der Waals surface area contributed by atoms with Crippen molar-refractivity contribution in [2.24, 2.45) is 0 Å². The molecule has 2 aromatic rings. The highest BCUT2D eigenvalue weighted by atomic mass is 19.1. The van der Waals surface area contributed by atoms with Crippen LogP contribution in [0.5, 0.6) is 0 Å². The SMILES string of the molecule is CNc1ccc2c(F)c(N)ccc2c1F. The largest absolute Gasteiger partial charge is 0.396 e. The Morgan fingerprint density at radius 3 is 2.27 bits per heavy atom. The van der Waals surface area contributed by atoms with Crippen molar-refractivity contribution in [1.29, 1.82) is 0 Å². The maximum Gasteiger partial charge on any atom is 0.154 e. The minimum atomic E-state index is -0.575. The number of rotatable bonds is 1. The summed E-state index contributed by atoms with van der Waals surface area (Å²) in [6, 6.07) is 5.83. The van der Waals surface area contributed by atoms with E-state index in [1.807, 2.05) is 0 Å². The van der Waals surface area contributed by atoms with Gasteiger partial charge in [-0.2, -0.15) is 0 Å². The van der Waals surface area contributed by atoms with E-state index in [9.17, 15) is 8.78 Å². The lowest BCUT2D eigenvalue weighted by Gasteiger charge is -2.07. The van der Waals surface area contributed by atoms with Crippen LogP contribution in [0.25, 0.3) is 10.8 Å². The smallest absolute Gasteiger partial charge is 0.154 e. The molecule has 0 fully saturated rings. The summed E-state index contributed by atoms with van der Waals surface area (Å²) in [6.07, 6.45) is 0. The van der Waals surface area contributed by atoms with Gasteiger partial charge < -0.3 is 11.1 Å². The minimum absolute atomic E-state index is 0.0270. The standard InChI is InChI=1S/C11H10F2N2/c1-15-9-5-3-6-7(11(9)13)2-4-8(14)10(6)12/h2-5,15H,14H2,1H3. The van der Waals surface area contributed by atoms with E-state index in [1.165, 1.54) is 24.3 Å². The van der Waals surface area contributed by atoms with E-state index in [-0.39, 0.29) is 16.5 Å². The number of anilines is 2. The zero-order valence-corrected chi connectivity index (χ0v) is 8.14. The topological polar surface area (TPSA) is 38.0 Å². The summed E-state index contributed by atoms with van der Waals surface area (Å²) in [5.74, 6) is -1.04. The second-order valence-corrected chi connectivity index (χ2v) is 3.24. The van der Waals surface area contributed by atoms with Crippen molar-refractivity contribution in [2.75, 3.05) is 18.1 Å². The quantitative estimate of drug-likeness (QED) is 0.707. The van der Waals surface area contributed by atoms with Crippen LogP contribution in [-0.4, -0.2) is 7.05 Å². The third-order valence-electron chi connectivity index (χ3n) is 2.37. The molecule has 0 spiro atoms. The van der Waals surface area contributed by atoms with E-state index in [1.54, 1.807) is 7.05 Å². The molecular formula is C11H10F2N2. The van der Waals surface area contributed by atoms with Crippen molar-refractivity contribution >= 4 is 22.1 Å². The maximum absolute atomic E-state index is 13.7. The summed E-state index contributed by atoms with van der Waals surface area (Å²) in [5.41, 5.74) is 5.76. The van der Waals surface area contributed by atoms with Gasteiger partial charge in [-0.05, 0) is 24.3 Å². The molecule has 0 radical (unpaired) electrons. The lowest BCUT2D eigenvalue weighted by molar-refractivity contribution is 0.633. The van der Waals surface area contributed by atoms with Crippen LogP contribution in [0, 0.1) is 11.6 Å². The number of nitrogens with two attached hydrogens (primary N) is 1. The van der Waals surface area contributed by atoms with Crippen LogP contribution >= 0.6 is 0 Å². The van der Waals surface area contributed by atoms with E-state index >= 15 is 0 Å². The first-order valence-corrected chi connectivity index (χ1v) is 4.49. The van der Waals surface area contributed by atoms with Crippen LogP contribution in [0.2, 0.25) is 0 Å². The number of benzene rings is 2. The first-order chi connectivity index (χ1) is 7.15. The lowest BCUT2D eigenvalue weighted by atomic mass is 10.1. The zero-order chi connectivity index (χ0) is 11.0. The Morgan fingerprint density at radius 1 is 1.00 bits per heavy atom. The van der Waals surface area contributed by atoms with Crippen LogP contribution in [0.3, 0.4) is 0 Å². The van der Waals surface area contributed by atoms with Gasteiger partial charge in [0.15, 0.2) is 11.6 Å². The maximum atomic E-state index is 13.7. The van der Waals surface area contributed by atoms with Crippen LogP contribution in [0.1, 0.15) is 0 Å². The first-order valence-electron chi connectivity index (χ1n) is 4.49. The molecule has 78 valence electrons. The molecule has 0 aliphatic heterocycles. The number of hydrogen-bond acceptors (Lipinski definition) is 2. The predicted octanol–water partition coefficient (Wildman–Crippen LogP) is 2.74. The molecule has 4 heteroatoms. The number of halogens is 2. The van der Waals surface area contributed by atoms with Crippen molar-refractivity contribution < 1.29 is 8.78 Å². The molecule has 15 heavy (non-hydrogen) atoms. The molecule has 2 nitrogen and oxygen atoms in total. The fourth-order valence-electron chi connectivity index (χ4n) is 1.54. The van der Waals surface area contributed by atoms with Crippen molar-refractivity contribution in [3.05, 3.63) is 35.9 Å². The summed E-state index contributed by atoms with van der Waals surface area (Å²) in [5, 5.41) is 3.12. The van der Waals surface area contributed by atoms with Crippen LogP contribution in [0.4, 0.5) is 20.2 Å². The van der Waals surface area contributed by atoms with E-state index in [2.05, 4.69) is 5.32 Å². The minimum Gasteiger partial charge on any atom is -0.396 e. The molecule has 0 saturated heterocycles. The molecule has 0 amide bonds. The van der Waals surface area contributed by atoms with E-state index < -0.39 is 11.6 Å². The highest BCUT2D eigenvalue weighted by Gasteiger charge is 2.10. The van der Waals surface area contributed by atoms with Crippen LogP contribution in [-0.2, 0) is 0 Å². The average Bonchev–Trinajstić information content (AvgIpc) is 2.24. The molecule has 0 saturated carbocycles. The molecule has 0 bridgehead atoms. The van der Waals surface area contributed by atoms with Gasteiger partial charge in [-0.15, -0.1) is 0 Å². The van der Waals surface area contributed by atoms with Crippen LogP contribution < -0.4 is 11.1 Å². The second-order valence-electron chi connectivity index (χ2n) is 3.24. The molecule has 0 aromatic heterocycles. The molecule has 0 heterocycles. The van der Waals surface area contributed by atoms with Gasteiger partial charge >= 0.3 is 0 Å². The Hall–Kier alpha value is -1.84. The van der Waals surface area contributed by atoms with E-state index in [0.717, 1.165) is 0 Å². The van der Waals surface area contributed by atoms with Gasteiger partial charge in [-0.3, -0.25) is 0 Å².